The molecule has 0 saturated heterocycles. The Hall–Kier alpha value is -1.94. The Balaban J connectivity index is 5.24. The zero-order chi connectivity index (χ0) is 67.9. The first-order chi connectivity index (χ1) is 44.4. The van der Waals surface area contributed by atoms with Crippen LogP contribution < -0.4 is 0 Å². The number of phosphoric ester groups is 2. The summed E-state index contributed by atoms with van der Waals surface area (Å²) in [6.07, 6.45) is 51.3. The van der Waals surface area contributed by atoms with Gasteiger partial charge in [-0.1, -0.05) is 324 Å². The van der Waals surface area contributed by atoms with E-state index in [2.05, 4.69) is 41.5 Å². The van der Waals surface area contributed by atoms with Gasteiger partial charge in [-0.25, -0.2) is 9.13 Å². The molecule has 0 aromatic carbocycles. The van der Waals surface area contributed by atoms with E-state index in [0.29, 0.717) is 25.7 Å². The number of carbonyl (C=O) groups is 4. The van der Waals surface area contributed by atoms with E-state index in [1.54, 1.807) is 0 Å². The summed E-state index contributed by atoms with van der Waals surface area (Å²) < 4.78 is 68.4. The predicted molar refractivity (Wildman–Crippen MR) is 372 cm³/mol. The summed E-state index contributed by atoms with van der Waals surface area (Å²) in [5.74, 6) is -0.639. The lowest BCUT2D eigenvalue weighted by atomic mass is 10.0. The predicted octanol–water partition coefficient (Wildman–Crippen LogP) is 21.2. The first-order valence-electron chi connectivity index (χ1n) is 38.0. The molecule has 0 saturated carbocycles. The van der Waals surface area contributed by atoms with Crippen LogP contribution in [0.3, 0.4) is 0 Å². The molecule has 0 aliphatic heterocycles. The fourth-order valence-electron chi connectivity index (χ4n) is 11.1. The van der Waals surface area contributed by atoms with Crippen LogP contribution in [0.15, 0.2) is 0 Å². The van der Waals surface area contributed by atoms with Gasteiger partial charge in [-0.05, 0) is 37.5 Å². The molecular formula is C73H142O17P2. The second-order valence-corrected chi connectivity index (χ2v) is 30.2. The molecular weight excluding hydrogens is 1210 g/mol. The molecule has 0 spiro atoms. The molecule has 0 aliphatic carbocycles. The van der Waals surface area contributed by atoms with Crippen molar-refractivity contribution in [2.75, 3.05) is 39.6 Å². The third-order valence-corrected chi connectivity index (χ3v) is 18.9. The van der Waals surface area contributed by atoms with E-state index >= 15 is 0 Å². The quantitative estimate of drug-likeness (QED) is 0.0222. The maximum Gasteiger partial charge on any atom is 0.472 e. The lowest BCUT2D eigenvalue weighted by molar-refractivity contribution is -0.161. The molecule has 546 valence electrons. The van der Waals surface area contributed by atoms with Crippen LogP contribution in [-0.4, -0.2) is 96.7 Å². The van der Waals surface area contributed by atoms with Crippen LogP contribution in [0.2, 0.25) is 0 Å². The number of phosphoric acid groups is 2. The number of hydrogen-bond donors (Lipinski definition) is 3. The smallest absolute Gasteiger partial charge is 0.462 e. The number of carbonyl (C=O) groups excluding carboxylic acids is 4. The van der Waals surface area contributed by atoms with E-state index in [9.17, 15) is 43.2 Å². The molecule has 0 fully saturated rings. The molecule has 17 nitrogen and oxygen atoms in total. The van der Waals surface area contributed by atoms with Gasteiger partial charge in [0.15, 0.2) is 12.2 Å². The van der Waals surface area contributed by atoms with Crippen molar-refractivity contribution in [2.45, 2.75) is 394 Å². The van der Waals surface area contributed by atoms with Crippen LogP contribution in [0, 0.1) is 11.8 Å². The van der Waals surface area contributed by atoms with Crippen LogP contribution in [0.5, 0.6) is 0 Å². The van der Waals surface area contributed by atoms with Crippen LogP contribution in [0.4, 0.5) is 0 Å². The topological polar surface area (TPSA) is 237 Å². The van der Waals surface area contributed by atoms with Gasteiger partial charge in [0.1, 0.15) is 19.3 Å². The van der Waals surface area contributed by atoms with E-state index in [1.807, 2.05) is 0 Å². The molecule has 3 N–H and O–H groups in total. The van der Waals surface area contributed by atoms with Crippen molar-refractivity contribution in [3.63, 3.8) is 0 Å². The number of hydrogen-bond acceptors (Lipinski definition) is 15. The van der Waals surface area contributed by atoms with E-state index in [-0.39, 0.29) is 25.7 Å². The second-order valence-electron chi connectivity index (χ2n) is 27.3. The molecule has 0 heterocycles. The molecule has 19 heteroatoms. The molecule has 92 heavy (non-hydrogen) atoms. The number of esters is 4. The third kappa shape index (κ3) is 66.7. The molecule has 0 aromatic rings. The van der Waals surface area contributed by atoms with Gasteiger partial charge in [0, 0.05) is 25.7 Å². The molecule has 5 atom stereocenters. The van der Waals surface area contributed by atoms with Gasteiger partial charge in [0.05, 0.1) is 26.4 Å². The molecule has 0 aromatic heterocycles. The highest BCUT2D eigenvalue weighted by atomic mass is 31.2. The van der Waals surface area contributed by atoms with E-state index in [1.165, 1.54) is 193 Å². The van der Waals surface area contributed by atoms with Gasteiger partial charge < -0.3 is 33.8 Å². The third-order valence-electron chi connectivity index (χ3n) is 17.0. The minimum absolute atomic E-state index is 0.106. The van der Waals surface area contributed by atoms with Crippen molar-refractivity contribution >= 4 is 39.5 Å². The monoisotopic (exact) mass is 1350 g/mol. The highest BCUT2D eigenvalue weighted by molar-refractivity contribution is 7.47. The Kier molecular flexibility index (Phi) is 63.7. The van der Waals surface area contributed by atoms with Gasteiger partial charge in [0.25, 0.3) is 0 Å². The zero-order valence-corrected chi connectivity index (χ0v) is 61.6. The Morgan fingerprint density at radius 3 is 0.739 bits per heavy atom. The van der Waals surface area contributed by atoms with Crippen LogP contribution >= 0.6 is 15.6 Å². The maximum absolute atomic E-state index is 13.1. The van der Waals surface area contributed by atoms with Gasteiger partial charge in [0.2, 0.25) is 0 Å². The maximum atomic E-state index is 13.1. The van der Waals surface area contributed by atoms with Gasteiger partial charge >= 0.3 is 39.5 Å². The lowest BCUT2D eigenvalue weighted by Crippen LogP contribution is -2.30. The average molecular weight is 1350 g/mol. The standard InChI is InChI=1S/C73H142O17P2/c1-7-9-11-13-15-17-19-20-21-22-23-24-26-32-39-45-51-57-72(77)89-68(62-84-71(76)56-50-44-38-33-27-29-35-41-47-53-65(3)4)63-87-91(79,80)85-59-67(74)60-86-92(81,82)88-64-69(61-83-70(75)55-49-43-37-31-25-18-16-14-12-10-8-2)90-73(78)58-52-46-40-34-28-30-36-42-48-54-66(5)6/h65-69,74H,7-64H2,1-6H3,(H,79,80)(H,81,82)/t67-,68-,69-/m1/s1. The molecule has 0 amide bonds. The van der Waals surface area contributed by atoms with Crippen molar-refractivity contribution in [3.8, 4) is 0 Å². The summed E-state index contributed by atoms with van der Waals surface area (Å²) in [6.45, 7) is 9.53. The highest BCUT2D eigenvalue weighted by Crippen LogP contribution is 2.45. The van der Waals surface area contributed by atoms with E-state index in [0.717, 1.165) is 102 Å². The zero-order valence-electron chi connectivity index (χ0n) is 59.9. The number of rotatable bonds is 72. The van der Waals surface area contributed by atoms with Gasteiger partial charge in [-0.15, -0.1) is 0 Å². The SMILES string of the molecule is CCCCCCCCCCCCCCCCCCCC(=O)O[C@H](COC(=O)CCCCCCCCCCCC(C)C)COP(=O)(O)OC[C@@H](O)COP(=O)(O)OC[C@@H](COC(=O)CCCCCCCCCCCCC)OC(=O)CCCCCCCCCCCC(C)C. The highest BCUT2D eigenvalue weighted by Gasteiger charge is 2.30. The van der Waals surface area contributed by atoms with Crippen molar-refractivity contribution in [1.29, 1.82) is 0 Å². The van der Waals surface area contributed by atoms with Crippen molar-refractivity contribution < 1.29 is 80.2 Å². The summed E-state index contributed by atoms with van der Waals surface area (Å²) in [4.78, 5) is 72.7. The largest absolute Gasteiger partial charge is 0.472 e. The summed E-state index contributed by atoms with van der Waals surface area (Å²) in [5, 5.41) is 10.6. The lowest BCUT2D eigenvalue weighted by Gasteiger charge is -2.21. The number of aliphatic hydroxyl groups is 1. The normalized spacial score (nSPS) is 14.1. The molecule has 0 radical (unpaired) electrons. The number of unbranched alkanes of at least 4 members (excludes halogenated alkanes) is 42. The Morgan fingerprint density at radius 2 is 0.500 bits per heavy atom. The molecule has 0 aliphatic rings. The number of aliphatic hydroxyl groups excluding tert-OH is 1. The van der Waals surface area contributed by atoms with E-state index < -0.39 is 97.5 Å². The first-order valence-corrected chi connectivity index (χ1v) is 41.0. The summed E-state index contributed by atoms with van der Waals surface area (Å²) in [7, 11) is -9.91. The van der Waals surface area contributed by atoms with Crippen LogP contribution in [-0.2, 0) is 65.4 Å². The summed E-state index contributed by atoms with van der Waals surface area (Å²) in [5.41, 5.74) is 0. The van der Waals surface area contributed by atoms with Crippen LogP contribution in [0.1, 0.15) is 375 Å². The average Bonchev–Trinajstić information content (AvgIpc) is 2.74. The molecule has 0 rings (SSSR count). The van der Waals surface area contributed by atoms with Crippen molar-refractivity contribution in [3.05, 3.63) is 0 Å². The minimum atomic E-state index is -4.95. The van der Waals surface area contributed by atoms with Crippen LogP contribution in [0.25, 0.3) is 0 Å². The van der Waals surface area contributed by atoms with Crippen molar-refractivity contribution in [2.24, 2.45) is 11.8 Å². The summed E-state index contributed by atoms with van der Waals surface area (Å²) in [6, 6.07) is 0. The molecule has 2 unspecified atom stereocenters. The fourth-order valence-corrected chi connectivity index (χ4v) is 12.7. The minimum Gasteiger partial charge on any atom is -0.462 e. The Morgan fingerprint density at radius 1 is 0.293 bits per heavy atom. The summed E-state index contributed by atoms with van der Waals surface area (Å²) >= 11 is 0. The fraction of sp³-hybridized carbons (Fsp3) is 0.945. The molecule has 0 bridgehead atoms. The van der Waals surface area contributed by atoms with E-state index in [4.69, 9.17) is 37.0 Å². The second kappa shape index (κ2) is 65.0. The van der Waals surface area contributed by atoms with Crippen molar-refractivity contribution in [1.82, 2.24) is 0 Å². The Labute approximate surface area is 562 Å². The number of ether oxygens (including phenoxy) is 4. The van der Waals surface area contributed by atoms with Gasteiger partial charge in [-0.2, -0.15) is 0 Å². The van der Waals surface area contributed by atoms with Gasteiger partial charge in [-0.3, -0.25) is 37.3 Å². The first kappa shape index (κ1) is 90.1. The Bertz CT molecular complexity index is 1790.